The van der Waals surface area contributed by atoms with Crippen molar-refractivity contribution >= 4 is 18.6 Å². The summed E-state index contributed by atoms with van der Waals surface area (Å²) >= 11 is 3.81. The summed E-state index contributed by atoms with van der Waals surface area (Å²) in [5, 5.41) is 17.0. The molecule has 0 saturated carbocycles. The second kappa shape index (κ2) is 10.2. The number of phenolic OH excluding ortho intramolecular Hbond substituents is 1. The number of aromatic hydroxyl groups is 1. The van der Waals surface area contributed by atoms with Gasteiger partial charge in [0.05, 0.1) is 12.4 Å². The minimum Gasteiger partial charge on any atom is -0.504 e. The van der Waals surface area contributed by atoms with Crippen molar-refractivity contribution in [3.05, 3.63) is 36.4 Å². The van der Waals surface area contributed by atoms with Gasteiger partial charge < -0.3 is 14.9 Å². The van der Waals surface area contributed by atoms with Crippen LogP contribution in [0.15, 0.2) is 30.9 Å². The van der Waals surface area contributed by atoms with E-state index in [4.69, 9.17) is 9.84 Å². The number of benzene rings is 1. The predicted molar refractivity (Wildman–Crippen MR) is 83.9 cm³/mol. The standard InChI is InChI=1S/C10H12O2.C5H10O2S/c1-3-4-8-5-6-9(11)10(7-8)12-2;1-2-3-4(8)5(6)7/h3,5-7,11H,1,4H2,2H3;4,8H,2-3H2,1H3,(H,6,7). The fourth-order valence-corrected chi connectivity index (χ4v) is 1.67. The molecule has 0 amide bonds. The lowest BCUT2D eigenvalue weighted by atomic mass is 10.1. The van der Waals surface area contributed by atoms with Gasteiger partial charge in [-0.1, -0.05) is 25.5 Å². The Hall–Kier alpha value is -1.62. The summed E-state index contributed by atoms with van der Waals surface area (Å²) in [7, 11) is 1.53. The van der Waals surface area contributed by atoms with Crippen LogP contribution in [0.5, 0.6) is 11.5 Å². The van der Waals surface area contributed by atoms with Crippen molar-refractivity contribution in [3.63, 3.8) is 0 Å². The van der Waals surface area contributed by atoms with E-state index >= 15 is 0 Å². The van der Waals surface area contributed by atoms with Crippen LogP contribution in [0.4, 0.5) is 0 Å². The molecule has 2 N–H and O–H groups in total. The predicted octanol–water partition coefficient (Wildman–Crippen LogP) is 3.30. The molecule has 0 fully saturated rings. The molecule has 4 nitrogen and oxygen atoms in total. The third-order valence-electron chi connectivity index (χ3n) is 2.47. The average molecular weight is 298 g/mol. The largest absolute Gasteiger partial charge is 0.504 e. The van der Waals surface area contributed by atoms with Crippen LogP contribution < -0.4 is 4.74 Å². The van der Waals surface area contributed by atoms with Gasteiger partial charge in [0.25, 0.3) is 0 Å². The average Bonchev–Trinajstić information content (AvgIpc) is 2.42. The molecule has 1 aromatic rings. The van der Waals surface area contributed by atoms with Crippen molar-refractivity contribution < 1.29 is 19.7 Å². The van der Waals surface area contributed by atoms with Gasteiger partial charge in [0.1, 0.15) is 0 Å². The molecule has 0 spiro atoms. The van der Waals surface area contributed by atoms with Gasteiger partial charge in [-0.25, -0.2) is 0 Å². The van der Waals surface area contributed by atoms with E-state index < -0.39 is 11.2 Å². The molecule has 0 aliphatic carbocycles. The van der Waals surface area contributed by atoms with E-state index in [1.165, 1.54) is 7.11 Å². The first-order valence-corrected chi connectivity index (χ1v) is 6.85. The Bertz CT molecular complexity index is 432. The molecule has 0 heterocycles. The van der Waals surface area contributed by atoms with Crippen LogP contribution in [0, 0.1) is 0 Å². The third kappa shape index (κ3) is 7.09. The first kappa shape index (κ1) is 18.4. The molecule has 0 saturated heterocycles. The van der Waals surface area contributed by atoms with Gasteiger partial charge in [0, 0.05) is 0 Å². The molecule has 1 unspecified atom stereocenters. The normalized spacial score (nSPS) is 10.9. The van der Waals surface area contributed by atoms with Crippen LogP contribution in [0.25, 0.3) is 0 Å². The van der Waals surface area contributed by atoms with Gasteiger partial charge in [-0.3, -0.25) is 4.79 Å². The summed E-state index contributed by atoms with van der Waals surface area (Å²) in [5.74, 6) is -0.144. The summed E-state index contributed by atoms with van der Waals surface area (Å²) in [4.78, 5) is 10.0. The molecular weight excluding hydrogens is 276 g/mol. The highest BCUT2D eigenvalue weighted by atomic mass is 32.1. The van der Waals surface area contributed by atoms with Crippen LogP contribution >= 0.6 is 12.6 Å². The Balaban J connectivity index is 0.000000396. The topological polar surface area (TPSA) is 66.8 Å². The minimum atomic E-state index is -0.824. The SMILES string of the molecule is C=CCc1ccc(O)c(OC)c1.CCCC(S)C(=O)O. The van der Waals surface area contributed by atoms with E-state index in [0.29, 0.717) is 12.2 Å². The smallest absolute Gasteiger partial charge is 0.316 e. The molecule has 0 aromatic heterocycles. The van der Waals surface area contributed by atoms with Gasteiger partial charge in [-0.15, -0.1) is 6.58 Å². The second-order valence-electron chi connectivity index (χ2n) is 4.14. The van der Waals surface area contributed by atoms with Gasteiger partial charge in [-0.2, -0.15) is 12.6 Å². The van der Waals surface area contributed by atoms with Gasteiger partial charge in [-0.05, 0) is 30.5 Å². The number of carbonyl (C=O) groups is 1. The summed E-state index contributed by atoms with van der Waals surface area (Å²) in [6.07, 6.45) is 4.13. The number of allylic oxidation sites excluding steroid dienone is 1. The van der Waals surface area contributed by atoms with E-state index in [0.717, 1.165) is 18.4 Å². The first-order valence-electron chi connectivity index (χ1n) is 6.33. The molecule has 0 aliphatic heterocycles. The highest BCUT2D eigenvalue weighted by Gasteiger charge is 2.08. The maximum Gasteiger partial charge on any atom is 0.316 e. The summed E-state index contributed by atoms with van der Waals surface area (Å²) < 4.78 is 4.95. The lowest BCUT2D eigenvalue weighted by Crippen LogP contribution is -2.12. The summed E-state index contributed by atoms with van der Waals surface area (Å²) in [5.41, 5.74) is 1.08. The van der Waals surface area contributed by atoms with Crippen LogP contribution in [0.2, 0.25) is 0 Å². The van der Waals surface area contributed by atoms with Gasteiger partial charge in [0.2, 0.25) is 0 Å². The van der Waals surface area contributed by atoms with E-state index in [2.05, 4.69) is 19.2 Å². The highest BCUT2D eigenvalue weighted by Crippen LogP contribution is 2.26. The molecule has 0 aliphatic rings. The maximum absolute atomic E-state index is 10.0. The molecular formula is C15H22O4S. The molecule has 0 radical (unpaired) electrons. The molecule has 112 valence electrons. The third-order valence-corrected chi connectivity index (χ3v) is 2.95. The monoisotopic (exact) mass is 298 g/mol. The number of ether oxygens (including phenoxy) is 1. The number of hydrogen-bond acceptors (Lipinski definition) is 4. The summed E-state index contributed by atoms with van der Waals surface area (Å²) in [6, 6.07) is 5.27. The van der Waals surface area contributed by atoms with E-state index in [1.807, 2.05) is 19.1 Å². The van der Waals surface area contributed by atoms with Crippen molar-refractivity contribution in [2.45, 2.75) is 31.4 Å². The number of aliphatic carboxylic acids is 1. The Morgan fingerprint density at radius 3 is 2.60 bits per heavy atom. The van der Waals surface area contributed by atoms with E-state index in [1.54, 1.807) is 12.1 Å². The Morgan fingerprint density at radius 2 is 2.20 bits per heavy atom. The van der Waals surface area contributed by atoms with Crippen molar-refractivity contribution in [1.82, 2.24) is 0 Å². The number of methoxy groups -OCH3 is 1. The Kier molecular flexibility index (Phi) is 9.38. The van der Waals surface area contributed by atoms with Crippen molar-refractivity contribution in [2.24, 2.45) is 0 Å². The number of hydrogen-bond donors (Lipinski definition) is 3. The van der Waals surface area contributed by atoms with Crippen LogP contribution in [0.3, 0.4) is 0 Å². The van der Waals surface area contributed by atoms with E-state index in [9.17, 15) is 9.90 Å². The molecule has 0 bridgehead atoms. The number of rotatable bonds is 6. The quantitative estimate of drug-likeness (QED) is 0.557. The molecule has 5 heteroatoms. The highest BCUT2D eigenvalue weighted by molar-refractivity contribution is 7.81. The zero-order valence-corrected chi connectivity index (χ0v) is 12.8. The molecule has 1 aromatic carbocycles. The molecule has 20 heavy (non-hydrogen) atoms. The molecule has 1 atom stereocenters. The minimum absolute atomic E-state index is 0.172. The second-order valence-corrected chi connectivity index (χ2v) is 4.77. The zero-order chi connectivity index (χ0) is 15.5. The van der Waals surface area contributed by atoms with Gasteiger partial charge in [0.15, 0.2) is 11.5 Å². The van der Waals surface area contributed by atoms with Crippen LogP contribution in [-0.4, -0.2) is 28.5 Å². The van der Waals surface area contributed by atoms with Crippen LogP contribution in [0.1, 0.15) is 25.3 Å². The number of carboxylic acid groups (broad SMARTS) is 1. The van der Waals surface area contributed by atoms with Crippen molar-refractivity contribution in [2.75, 3.05) is 7.11 Å². The van der Waals surface area contributed by atoms with Crippen LogP contribution in [-0.2, 0) is 11.2 Å². The Morgan fingerprint density at radius 1 is 1.55 bits per heavy atom. The number of thiol groups is 1. The van der Waals surface area contributed by atoms with E-state index in [-0.39, 0.29) is 5.75 Å². The fourth-order valence-electron chi connectivity index (χ4n) is 1.41. The van der Waals surface area contributed by atoms with Crippen molar-refractivity contribution in [1.29, 1.82) is 0 Å². The lowest BCUT2D eigenvalue weighted by Gasteiger charge is -2.04. The molecule has 1 rings (SSSR count). The first-order chi connectivity index (χ1) is 9.46. The lowest BCUT2D eigenvalue weighted by molar-refractivity contribution is -0.136. The Labute approximate surface area is 125 Å². The zero-order valence-electron chi connectivity index (χ0n) is 11.9. The maximum atomic E-state index is 10.0. The van der Waals surface area contributed by atoms with Crippen molar-refractivity contribution in [3.8, 4) is 11.5 Å². The number of phenols is 1. The fraction of sp³-hybridized carbons (Fsp3) is 0.400. The van der Waals surface area contributed by atoms with Gasteiger partial charge >= 0.3 is 5.97 Å². The summed E-state index contributed by atoms with van der Waals surface area (Å²) in [6.45, 7) is 5.57. The number of carboxylic acids is 1.